The van der Waals surface area contributed by atoms with Crippen molar-refractivity contribution in [2.45, 2.75) is 6.67 Å². The summed E-state index contributed by atoms with van der Waals surface area (Å²) in [5.41, 5.74) is 1.22. The fourth-order valence-corrected chi connectivity index (χ4v) is 3.43. The van der Waals surface area contributed by atoms with E-state index in [1.54, 1.807) is 10.9 Å². The van der Waals surface area contributed by atoms with Crippen molar-refractivity contribution >= 4 is 16.8 Å². The molecular weight excluding hydrogens is 336 g/mol. The van der Waals surface area contributed by atoms with Gasteiger partial charge in [0.2, 0.25) is 0 Å². The molecule has 138 valence electrons. The van der Waals surface area contributed by atoms with E-state index in [0.717, 1.165) is 43.5 Å². The van der Waals surface area contributed by atoms with E-state index in [1.807, 2.05) is 30.3 Å². The number of piperazine rings is 1. The standard InChI is InChI=1S/C22H24N4O/c27-22-21-11-5-4-10-20(21)17-23-26(22)18-25-15-13-24(14-16-25)12-6-9-19-7-2-1-3-8-19/h1-11,17H,12-16,18H2/b9-6+. The van der Waals surface area contributed by atoms with Crippen molar-refractivity contribution in [2.75, 3.05) is 32.7 Å². The summed E-state index contributed by atoms with van der Waals surface area (Å²) in [5, 5.41) is 5.97. The molecule has 0 aliphatic carbocycles. The zero-order valence-corrected chi connectivity index (χ0v) is 15.4. The Morgan fingerprint density at radius 1 is 0.889 bits per heavy atom. The lowest BCUT2D eigenvalue weighted by Gasteiger charge is -2.33. The molecule has 3 aromatic rings. The van der Waals surface area contributed by atoms with Crippen molar-refractivity contribution in [1.82, 2.24) is 19.6 Å². The molecule has 1 aliphatic rings. The first-order valence-electron chi connectivity index (χ1n) is 9.41. The maximum atomic E-state index is 12.6. The number of benzene rings is 2. The van der Waals surface area contributed by atoms with Crippen LogP contribution in [-0.2, 0) is 6.67 Å². The maximum Gasteiger partial charge on any atom is 0.275 e. The minimum Gasteiger partial charge on any atom is -0.297 e. The summed E-state index contributed by atoms with van der Waals surface area (Å²) in [7, 11) is 0. The summed E-state index contributed by atoms with van der Waals surface area (Å²) in [5.74, 6) is 0. The molecule has 1 fully saturated rings. The third kappa shape index (κ3) is 4.32. The van der Waals surface area contributed by atoms with Crippen LogP contribution >= 0.6 is 0 Å². The molecule has 0 radical (unpaired) electrons. The normalized spacial score (nSPS) is 16.3. The Labute approximate surface area is 159 Å². The van der Waals surface area contributed by atoms with E-state index in [-0.39, 0.29) is 5.56 Å². The fourth-order valence-electron chi connectivity index (χ4n) is 3.43. The predicted octanol–water partition coefficient (Wildman–Crippen LogP) is 2.69. The number of hydrogen-bond donors (Lipinski definition) is 0. The lowest BCUT2D eigenvalue weighted by Crippen LogP contribution is -2.47. The second-order valence-electron chi connectivity index (χ2n) is 6.91. The molecule has 1 aromatic heterocycles. The minimum atomic E-state index is -0.0127. The summed E-state index contributed by atoms with van der Waals surface area (Å²) >= 11 is 0. The van der Waals surface area contributed by atoms with E-state index in [2.05, 4.69) is 51.3 Å². The van der Waals surface area contributed by atoms with Crippen molar-refractivity contribution in [3.05, 3.63) is 82.8 Å². The molecule has 0 amide bonds. The fraction of sp³-hybridized carbons (Fsp3) is 0.273. The van der Waals surface area contributed by atoms with Gasteiger partial charge in [0.1, 0.15) is 0 Å². The lowest BCUT2D eigenvalue weighted by molar-refractivity contribution is 0.109. The molecule has 0 N–H and O–H groups in total. The highest BCUT2D eigenvalue weighted by molar-refractivity contribution is 5.80. The molecule has 5 nitrogen and oxygen atoms in total. The van der Waals surface area contributed by atoms with E-state index in [9.17, 15) is 4.79 Å². The Morgan fingerprint density at radius 2 is 1.59 bits per heavy atom. The molecule has 0 unspecified atom stereocenters. The van der Waals surface area contributed by atoms with E-state index < -0.39 is 0 Å². The molecular formula is C22H24N4O. The van der Waals surface area contributed by atoms with Gasteiger partial charge in [-0.25, -0.2) is 4.68 Å². The van der Waals surface area contributed by atoms with Crippen LogP contribution in [0.25, 0.3) is 16.8 Å². The first-order chi connectivity index (χ1) is 13.3. The summed E-state index contributed by atoms with van der Waals surface area (Å²) in [6.07, 6.45) is 6.17. The van der Waals surface area contributed by atoms with Crippen LogP contribution in [0.3, 0.4) is 0 Å². The molecule has 0 spiro atoms. The van der Waals surface area contributed by atoms with E-state index in [1.165, 1.54) is 5.56 Å². The van der Waals surface area contributed by atoms with Crippen molar-refractivity contribution in [3.63, 3.8) is 0 Å². The van der Waals surface area contributed by atoms with Crippen LogP contribution in [-0.4, -0.2) is 52.3 Å². The van der Waals surface area contributed by atoms with Gasteiger partial charge in [0.15, 0.2) is 0 Å². The van der Waals surface area contributed by atoms with E-state index >= 15 is 0 Å². The van der Waals surface area contributed by atoms with Crippen molar-refractivity contribution in [3.8, 4) is 0 Å². The Balaban J connectivity index is 1.31. The number of fused-ring (bicyclic) bond motifs is 1. The second kappa shape index (κ2) is 8.29. The van der Waals surface area contributed by atoms with Crippen LogP contribution in [0.15, 0.2) is 71.7 Å². The summed E-state index contributed by atoms with van der Waals surface area (Å²) in [4.78, 5) is 17.3. The van der Waals surface area contributed by atoms with Gasteiger partial charge in [-0.1, -0.05) is 60.7 Å². The molecule has 2 heterocycles. The van der Waals surface area contributed by atoms with Crippen LogP contribution in [0.5, 0.6) is 0 Å². The molecule has 2 aromatic carbocycles. The topological polar surface area (TPSA) is 41.4 Å². The monoisotopic (exact) mass is 360 g/mol. The highest BCUT2D eigenvalue weighted by Crippen LogP contribution is 2.08. The average Bonchev–Trinajstić information content (AvgIpc) is 2.72. The maximum absolute atomic E-state index is 12.6. The number of aromatic nitrogens is 2. The molecule has 1 aliphatic heterocycles. The summed E-state index contributed by atoms with van der Waals surface area (Å²) < 4.78 is 1.58. The number of hydrogen-bond acceptors (Lipinski definition) is 4. The highest BCUT2D eigenvalue weighted by atomic mass is 16.1. The Kier molecular flexibility index (Phi) is 5.42. The van der Waals surface area contributed by atoms with Gasteiger partial charge >= 0.3 is 0 Å². The van der Waals surface area contributed by atoms with Crippen molar-refractivity contribution < 1.29 is 0 Å². The van der Waals surface area contributed by atoms with Gasteiger partial charge in [-0.05, 0) is 11.6 Å². The smallest absolute Gasteiger partial charge is 0.275 e. The van der Waals surface area contributed by atoms with Gasteiger partial charge in [-0.15, -0.1) is 0 Å². The summed E-state index contributed by atoms with van der Waals surface area (Å²) in [6.45, 7) is 5.40. The largest absolute Gasteiger partial charge is 0.297 e. The number of nitrogens with zero attached hydrogens (tertiary/aromatic N) is 4. The summed E-state index contributed by atoms with van der Waals surface area (Å²) in [6, 6.07) is 18.0. The molecule has 4 rings (SSSR count). The molecule has 0 atom stereocenters. The highest BCUT2D eigenvalue weighted by Gasteiger charge is 2.17. The zero-order chi connectivity index (χ0) is 18.5. The Morgan fingerprint density at radius 3 is 2.41 bits per heavy atom. The molecule has 0 saturated carbocycles. The van der Waals surface area contributed by atoms with Gasteiger partial charge in [0.25, 0.3) is 5.56 Å². The van der Waals surface area contributed by atoms with Gasteiger partial charge in [0.05, 0.1) is 18.3 Å². The molecule has 5 heteroatoms. The first kappa shape index (κ1) is 17.6. The van der Waals surface area contributed by atoms with Crippen molar-refractivity contribution in [2.24, 2.45) is 0 Å². The van der Waals surface area contributed by atoms with E-state index in [4.69, 9.17) is 0 Å². The van der Waals surface area contributed by atoms with E-state index in [0.29, 0.717) is 6.67 Å². The third-order valence-electron chi connectivity index (χ3n) is 5.03. The van der Waals surface area contributed by atoms with Crippen LogP contribution in [0.2, 0.25) is 0 Å². The van der Waals surface area contributed by atoms with Gasteiger partial charge < -0.3 is 0 Å². The van der Waals surface area contributed by atoms with Gasteiger partial charge in [0, 0.05) is 38.1 Å². The molecule has 0 bridgehead atoms. The van der Waals surface area contributed by atoms with Gasteiger partial charge in [-0.3, -0.25) is 14.6 Å². The Hall–Kier alpha value is -2.76. The van der Waals surface area contributed by atoms with Crippen LogP contribution in [0.1, 0.15) is 5.56 Å². The lowest BCUT2D eigenvalue weighted by atomic mass is 10.2. The second-order valence-corrected chi connectivity index (χ2v) is 6.91. The zero-order valence-electron chi connectivity index (χ0n) is 15.4. The van der Waals surface area contributed by atoms with Crippen LogP contribution in [0.4, 0.5) is 0 Å². The van der Waals surface area contributed by atoms with Gasteiger partial charge in [-0.2, -0.15) is 5.10 Å². The predicted molar refractivity (Wildman–Crippen MR) is 109 cm³/mol. The Bertz CT molecular complexity index is 972. The number of rotatable bonds is 5. The van der Waals surface area contributed by atoms with Crippen LogP contribution < -0.4 is 5.56 Å². The molecule has 27 heavy (non-hydrogen) atoms. The molecule has 1 saturated heterocycles. The third-order valence-corrected chi connectivity index (χ3v) is 5.03. The average molecular weight is 360 g/mol. The SMILES string of the molecule is O=c1c2ccccc2cnn1CN1CCN(C/C=C/c2ccccc2)CC1. The minimum absolute atomic E-state index is 0.0127. The van der Waals surface area contributed by atoms with Crippen LogP contribution in [0, 0.1) is 0 Å². The quantitative estimate of drug-likeness (QED) is 0.702. The first-order valence-corrected chi connectivity index (χ1v) is 9.41. The van der Waals surface area contributed by atoms with Crippen molar-refractivity contribution in [1.29, 1.82) is 0 Å².